The van der Waals surface area contributed by atoms with Gasteiger partial charge in [-0.1, -0.05) is 0 Å². The molecule has 0 bridgehead atoms. The van der Waals surface area contributed by atoms with Crippen LogP contribution in [-0.4, -0.2) is 28.6 Å². The average molecular weight is 281 g/mol. The summed E-state index contributed by atoms with van der Waals surface area (Å²) in [6.07, 6.45) is -4.19. The van der Waals surface area contributed by atoms with Crippen LogP contribution in [0.2, 0.25) is 0 Å². The van der Waals surface area contributed by atoms with Gasteiger partial charge < -0.3 is 5.73 Å². The van der Waals surface area contributed by atoms with Crippen molar-refractivity contribution < 1.29 is 13.2 Å². The summed E-state index contributed by atoms with van der Waals surface area (Å²) in [4.78, 5) is 5.59. The molecule has 2 N–H and O–H groups in total. The molecule has 0 aliphatic rings. The first kappa shape index (κ1) is 15.4. The fourth-order valence-electron chi connectivity index (χ4n) is 1.46. The Balaban J connectivity index is 2.71. The molecular weight excluding hydrogens is 263 g/mol. The van der Waals surface area contributed by atoms with Gasteiger partial charge in [0, 0.05) is 18.0 Å². The summed E-state index contributed by atoms with van der Waals surface area (Å²) >= 11 is 1.39. The van der Waals surface area contributed by atoms with Gasteiger partial charge in [0.05, 0.1) is 18.3 Å². The number of alkyl halides is 3. The summed E-state index contributed by atoms with van der Waals surface area (Å²) in [5, 5.41) is 2.52. The number of thiazole rings is 1. The molecule has 18 heavy (non-hydrogen) atoms. The molecule has 1 unspecified atom stereocenters. The smallest absolute Gasteiger partial charge is 0.322 e. The Kier molecular flexibility index (Phi) is 5.12. The standard InChI is InChI=1S/C11H18F3N3S/c1-7(2)17(6-11(12,13)14)4-9-5-18-10(16-9)8(3)15/h5,7-8H,4,6,15H2,1-3H3. The second-order valence-corrected chi connectivity index (χ2v) is 5.47. The van der Waals surface area contributed by atoms with Gasteiger partial charge in [0.15, 0.2) is 0 Å². The van der Waals surface area contributed by atoms with Crippen LogP contribution in [0.3, 0.4) is 0 Å². The predicted octanol–water partition coefficient (Wildman–Crippen LogP) is 2.94. The van der Waals surface area contributed by atoms with E-state index in [4.69, 9.17) is 5.73 Å². The molecule has 1 aromatic rings. The SMILES string of the molecule is CC(N)c1nc(CN(CC(F)(F)F)C(C)C)cs1. The zero-order chi connectivity index (χ0) is 13.9. The van der Waals surface area contributed by atoms with E-state index < -0.39 is 12.7 Å². The number of nitrogens with two attached hydrogens (primary N) is 1. The fraction of sp³-hybridized carbons (Fsp3) is 0.727. The first-order valence-corrected chi connectivity index (χ1v) is 6.57. The number of aromatic nitrogens is 1. The minimum atomic E-state index is -4.19. The highest BCUT2D eigenvalue weighted by Gasteiger charge is 2.32. The minimum absolute atomic E-state index is 0.182. The van der Waals surface area contributed by atoms with Crippen molar-refractivity contribution in [3.05, 3.63) is 16.1 Å². The monoisotopic (exact) mass is 281 g/mol. The van der Waals surface area contributed by atoms with Gasteiger partial charge in [0.25, 0.3) is 0 Å². The third kappa shape index (κ3) is 4.91. The van der Waals surface area contributed by atoms with E-state index in [-0.39, 0.29) is 18.6 Å². The summed E-state index contributed by atoms with van der Waals surface area (Å²) in [6.45, 7) is 4.56. The Morgan fingerprint density at radius 1 is 1.39 bits per heavy atom. The van der Waals surface area contributed by atoms with Gasteiger partial charge in [0.1, 0.15) is 5.01 Å². The number of hydrogen-bond acceptors (Lipinski definition) is 4. The first-order valence-electron chi connectivity index (χ1n) is 5.69. The largest absolute Gasteiger partial charge is 0.401 e. The lowest BCUT2D eigenvalue weighted by atomic mass is 10.3. The Morgan fingerprint density at radius 3 is 2.39 bits per heavy atom. The molecule has 0 saturated heterocycles. The summed E-state index contributed by atoms with van der Waals surface area (Å²) in [7, 11) is 0. The quantitative estimate of drug-likeness (QED) is 0.902. The number of nitrogens with zero attached hydrogens (tertiary/aromatic N) is 2. The second kappa shape index (κ2) is 5.99. The molecule has 0 aliphatic heterocycles. The molecule has 1 atom stereocenters. The van der Waals surface area contributed by atoms with Gasteiger partial charge in [-0.15, -0.1) is 11.3 Å². The van der Waals surface area contributed by atoms with E-state index in [0.717, 1.165) is 5.01 Å². The molecule has 3 nitrogen and oxygen atoms in total. The molecule has 0 radical (unpaired) electrons. The maximum atomic E-state index is 12.4. The summed E-state index contributed by atoms with van der Waals surface area (Å²) in [6, 6.07) is -0.369. The first-order chi connectivity index (χ1) is 8.19. The molecule has 1 heterocycles. The topological polar surface area (TPSA) is 42.1 Å². The van der Waals surface area contributed by atoms with Crippen LogP contribution in [0.5, 0.6) is 0 Å². The van der Waals surface area contributed by atoms with Gasteiger partial charge in [-0.3, -0.25) is 4.90 Å². The molecule has 0 aromatic carbocycles. The molecule has 0 spiro atoms. The van der Waals surface area contributed by atoms with E-state index in [1.54, 1.807) is 26.2 Å². The van der Waals surface area contributed by atoms with Crippen LogP contribution >= 0.6 is 11.3 Å². The molecular formula is C11H18F3N3S. The van der Waals surface area contributed by atoms with E-state index in [1.165, 1.54) is 16.2 Å². The number of halogens is 3. The summed E-state index contributed by atoms with van der Waals surface area (Å²) < 4.78 is 37.3. The third-order valence-corrected chi connectivity index (χ3v) is 3.53. The normalized spacial score (nSPS) is 14.5. The molecule has 104 valence electrons. The molecule has 0 fully saturated rings. The zero-order valence-electron chi connectivity index (χ0n) is 10.7. The number of hydrogen-bond donors (Lipinski definition) is 1. The summed E-state index contributed by atoms with van der Waals surface area (Å²) in [5.41, 5.74) is 6.32. The van der Waals surface area contributed by atoms with Crippen LogP contribution in [0.1, 0.15) is 37.5 Å². The van der Waals surface area contributed by atoms with E-state index >= 15 is 0 Å². The van der Waals surface area contributed by atoms with Gasteiger partial charge in [-0.05, 0) is 20.8 Å². The zero-order valence-corrected chi connectivity index (χ0v) is 11.5. The molecule has 0 aliphatic carbocycles. The Morgan fingerprint density at radius 2 is 2.00 bits per heavy atom. The van der Waals surface area contributed by atoms with Crippen molar-refractivity contribution in [3.8, 4) is 0 Å². The lowest BCUT2D eigenvalue weighted by molar-refractivity contribution is -0.151. The predicted molar refractivity (Wildman–Crippen MR) is 66.3 cm³/mol. The van der Waals surface area contributed by atoms with Crippen molar-refractivity contribution in [2.45, 2.75) is 45.6 Å². The van der Waals surface area contributed by atoms with Crippen molar-refractivity contribution in [3.63, 3.8) is 0 Å². The highest BCUT2D eigenvalue weighted by Crippen LogP contribution is 2.21. The third-order valence-electron chi connectivity index (χ3n) is 2.44. The lowest BCUT2D eigenvalue weighted by Crippen LogP contribution is -2.38. The molecule has 0 amide bonds. The van der Waals surface area contributed by atoms with E-state index in [0.29, 0.717) is 5.69 Å². The van der Waals surface area contributed by atoms with Gasteiger partial charge in [-0.2, -0.15) is 13.2 Å². The average Bonchev–Trinajstić information content (AvgIpc) is 2.63. The maximum absolute atomic E-state index is 12.4. The maximum Gasteiger partial charge on any atom is 0.401 e. The molecule has 1 rings (SSSR count). The molecule has 1 aromatic heterocycles. The van der Waals surface area contributed by atoms with Gasteiger partial charge >= 0.3 is 6.18 Å². The Hall–Kier alpha value is -0.660. The second-order valence-electron chi connectivity index (χ2n) is 4.58. The fourth-order valence-corrected chi connectivity index (χ4v) is 2.23. The highest BCUT2D eigenvalue weighted by atomic mass is 32.1. The van der Waals surface area contributed by atoms with Crippen molar-refractivity contribution in [1.82, 2.24) is 9.88 Å². The Bertz CT molecular complexity index is 374. The molecule has 7 heteroatoms. The number of rotatable bonds is 5. The van der Waals surface area contributed by atoms with Crippen molar-refractivity contribution >= 4 is 11.3 Å². The Labute approximate surface area is 109 Å². The van der Waals surface area contributed by atoms with Crippen LogP contribution < -0.4 is 5.73 Å². The van der Waals surface area contributed by atoms with Crippen LogP contribution in [0.25, 0.3) is 0 Å². The van der Waals surface area contributed by atoms with Crippen molar-refractivity contribution in [2.24, 2.45) is 5.73 Å². The molecule has 0 saturated carbocycles. The van der Waals surface area contributed by atoms with Crippen LogP contribution in [0.4, 0.5) is 13.2 Å². The van der Waals surface area contributed by atoms with Gasteiger partial charge in [-0.25, -0.2) is 4.98 Å². The van der Waals surface area contributed by atoms with Crippen LogP contribution in [0, 0.1) is 0 Å². The van der Waals surface area contributed by atoms with Gasteiger partial charge in [0.2, 0.25) is 0 Å². The lowest BCUT2D eigenvalue weighted by Gasteiger charge is -2.26. The van der Waals surface area contributed by atoms with Crippen LogP contribution in [0.15, 0.2) is 5.38 Å². The highest BCUT2D eigenvalue weighted by molar-refractivity contribution is 7.09. The van der Waals surface area contributed by atoms with E-state index in [2.05, 4.69) is 4.98 Å². The summed E-state index contributed by atoms with van der Waals surface area (Å²) in [5.74, 6) is 0. The minimum Gasteiger partial charge on any atom is -0.322 e. The van der Waals surface area contributed by atoms with Crippen LogP contribution in [-0.2, 0) is 6.54 Å². The van der Waals surface area contributed by atoms with E-state index in [9.17, 15) is 13.2 Å². The van der Waals surface area contributed by atoms with Crippen molar-refractivity contribution in [2.75, 3.05) is 6.54 Å². The van der Waals surface area contributed by atoms with E-state index in [1.807, 2.05) is 0 Å². The van der Waals surface area contributed by atoms with Crippen molar-refractivity contribution in [1.29, 1.82) is 0 Å².